The Morgan fingerprint density at radius 3 is 2.23 bits per heavy atom. The van der Waals surface area contributed by atoms with Gasteiger partial charge in [0.1, 0.15) is 23.1 Å². The van der Waals surface area contributed by atoms with Crippen LogP contribution in [0.25, 0.3) is 22.2 Å². The van der Waals surface area contributed by atoms with E-state index in [0.29, 0.717) is 18.0 Å². The van der Waals surface area contributed by atoms with Crippen LogP contribution in [0.1, 0.15) is 5.82 Å². The summed E-state index contributed by atoms with van der Waals surface area (Å²) >= 11 is -0.250. The van der Waals surface area contributed by atoms with E-state index in [0.717, 1.165) is 39.5 Å². The minimum Gasteiger partial charge on any atom is -0.497 e. The van der Waals surface area contributed by atoms with Crippen molar-refractivity contribution in [1.29, 1.82) is 0 Å². The van der Waals surface area contributed by atoms with Crippen LogP contribution in [-0.2, 0) is 13.6 Å². The first-order chi connectivity index (χ1) is 19.0. The molecule has 0 saturated heterocycles. The van der Waals surface area contributed by atoms with E-state index in [1.807, 2.05) is 76.1 Å². The van der Waals surface area contributed by atoms with Crippen LogP contribution in [0.3, 0.4) is 0 Å². The van der Waals surface area contributed by atoms with Crippen molar-refractivity contribution in [1.82, 2.24) is 35.0 Å². The average Bonchev–Trinajstić information content (AvgIpc) is 3.63. The maximum atomic E-state index is 7.04. The van der Waals surface area contributed by atoms with E-state index in [2.05, 4.69) is 30.3 Å². The number of H-pyrrole nitrogens is 1. The number of aromatic nitrogens is 6. The van der Waals surface area contributed by atoms with E-state index in [1.165, 1.54) is 0 Å². The molecule has 0 bridgehead atoms. The normalized spacial score (nSPS) is 10.2. The van der Waals surface area contributed by atoms with Gasteiger partial charge in [-0.1, -0.05) is 0 Å². The highest BCUT2D eigenvalue weighted by Crippen LogP contribution is 2.34. The van der Waals surface area contributed by atoms with E-state index in [4.69, 9.17) is 23.6 Å². The fourth-order valence-electron chi connectivity index (χ4n) is 3.66. The predicted octanol–water partition coefficient (Wildman–Crippen LogP) is 4.61. The summed E-state index contributed by atoms with van der Waals surface area (Å²) < 4.78 is 26.8. The number of methoxy groups -OCH3 is 2. The molecule has 0 aliphatic carbocycles. The topological polar surface area (TPSA) is 146 Å². The minimum absolute atomic E-state index is 0.250. The Labute approximate surface area is 231 Å². The van der Waals surface area contributed by atoms with Crippen LogP contribution in [0.15, 0.2) is 67.4 Å². The second-order valence-corrected chi connectivity index (χ2v) is 8.27. The highest BCUT2D eigenvalue weighted by Gasteiger charge is 2.17. The van der Waals surface area contributed by atoms with E-state index in [-0.39, 0.29) is 12.3 Å². The molecule has 0 amide bonds. The highest BCUT2D eigenvalue weighted by molar-refractivity contribution is 7.87. The summed E-state index contributed by atoms with van der Waals surface area (Å²) in [6, 6.07) is 11.7. The monoisotopic (exact) mass is 552 g/mol. The van der Waals surface area contributed by atoms with Gasteiger partial charge in [-0.15, -0.1) is 0 Å². The minimum atomic E-state index is -0.250. The molecule has 5 rings (SSSR count). The third-order valence-electron chi connectivity index (χ3n) is 5.35. The maximum absolute atomic E-state index is 7.04. The van der Waals surface area contributed by atoms with E-state index in [1.54, 1.807) is 31.3 Å². The van der Waals surface area contributed by atoms with Crippen molar-refractivity contribution in [2.24, 2.45) is 7.05 Å². The lowest BCUT2D eigenvalue weighted by Gasteiger charge is -2.24. The number of fused-ring (bicyclic) bond motifs is 1. The Bertz CT molecular complexity index is 1420. The largest absolute Gasteiger partial charge is 0.497 e. The number of nitrogens with one attached hydrogen (secondary N) is 2. The summed E-state index contributed by atoms with van der Waals surface area (Å²) in [6.45, 7) is 0.484. The van der Waals surface area contributed by atoms with Crippen LogP contribution in [0.2, 0.25) is 0 Å². The molecule has 0 radical (unpaired) electrons. The third-order valence-corrected chi connectivity index (χ3v) is 5.35. The Morgan fingerprint density at radius 1 is 0.974 bits per heavy atom. The number of benzene rings is 1. The smallest absolute Gasteiger partial charge is 0.152 e. The predicted molar refractivity (Wildman–Crippen MR) is 154 cm³/mol. The number of aryl methyl sites for hydroxylation is 1. The zero-order valence-electron chi connectivity index (χ0n) is 22.4. The third kappa shape index (κ3) is 7.91. The molecule has 1 aromatic carbocycles. The van der Waals surface area contributed by atoms with Crippen molar-refractivity contribution < 1.29 is 18.6 Å². The van der Waals surface area contributed by atoms with Crippen LogP contribution < -0.4 is 19.7 Å². The summed E-state index contributed by atoms with van der Waals surface area (Å²) in [4.78, 5) is 19.2. The Balaban J connectivity index is 0.000000643. The molecular weight excluding hydrogens is 520 g/mol. The fourth-order valence-corrected chi connectivity index (χ4v) is 3.66. The van der Waals surface area contributed by atoms with Gasteiger partial charge in [0.2, 0.25) is 0 Å². The van der Waals surface area contributed by atoms with Gasteiger partial charge in [-0.05, 0) is 32.3 Å². The maximum Gasteiger partial charge on any atom is 0.152 e. The van der Waals surface area contributed by atoms with Crippen molar-refractivity contribution in [2.45, 2.75) is 6.54 Å². The molecule has 5 aromatic rings. The average molecular weight is 553 g/mol. The molecule has 12 nitrogen and oxygen atoms in total. The SMILES string of the molecule is CNC.COc1cc(OC)cc(N(Cc2ncc[nH]2)c2ccc3ncc(-c4cnn(C)c4)cc3n2)c1.OSO. The summed E-state index contributed by atoms with van der Waals surface area (Å²) in [5, 5.41) is 7.01. The van der Waals surface area contributed by atoms with Crippen molar-refractivity contribution in [3.05, 3.63) is 73.2 Å². The molecule has 4 N–H and O–H groups in total. The van der Waals surface area contributed by atoms with Gasteiger partial charge in [0.05, 0.1) is 43.7 Å². The molecule has 39 heavy (non-hydrogen) atoms. The number of anilines is 2. The first-order valence-corrected chi connectivity index (χ1v) is 12.5. The zero-order chi connectivity index (χ0) is 28.2. The standard InChI is InChI=1S/C24H23N7O2.C2H7N.H2O2S/c1-30-14-17(13-28-30)16-8-22-21(27-12-16)4-5-24(29-22)31(15-23-25-6-7-26-23)18-9-19(32-2)11-20(10-18)33-3;2*1-3-2/h4-14H,15H2,1-3H3,(H,25,26);3H,1-2H3;1-2H. The van der Waals surface area contributed by atoms with Gasteiger partial charge < -0.3 is 33.8 Å². The fraction of sp³-hybridized carbons (Fsp3) is 0.231. The summed E-state index contributed by atoms with van der Waals surface area (Å²) in [7, 11) is 8.91. The first kappa shape index (κ1) is 29.4. The molecule has 4 heterocycles. The van der Waals surface area contributed by atoms with Gasteiger partial charge in [0.15, 0.2) is 12.3 Å². The van der Waals surface area contributed by atoms with Gasteiger partial charge in [0, 0.05) is 61.2 Å². The molecule has 0 aliphatic heterocycles. The molecule has 4 aromatic heterocycles. The highest BCUT2D eigenvalue weighted by atomic mass is 32.2. The molecule has 0 atom stereocenters. The quantitative estimate of drug-likeness (QED) is 0.210. The second kappa shape index (κ2) is 14.7. The number of hydrogen-bond acceptors (Lipinski definition) is 11. The van der Waals surface area contributed by atoms with Crippen molar-refractivity contribution in [3.63, 3.8) is 0 Å². The molecule has 0 saturated carbocycles. The van der Waals surface area contributed by atoms with Crippen LogP contribution >= 0.6 is 12.3 Å². The molecule has 206 valence electrons. The number of rotatable bonds is 7. The van der Waals surface area contributed by atoms with Crippen molar-refractivity contribution >= 4 is 34.9 Å². The Morgan fingerprint density at radius 2 is 1.67 bits per heavy atom. The summed E-state index contributed by atoms with van der Waals surface area (Å²) in [5.41, 5.74) is 4.41. The molecule has 0 unspecified atom stereocenters. The van der Waals surface area contributed by atoms with Gasteiger partial charge in [-0.3, -0.25) is 9.67 Å². The van der Waals surface area contributed by atoms with Gasteiger partial charge >= 0.3 is 0 Å². The van der Waals surface area contributed by atoms with Gasteiger partial charge in [0.25, 0.3) is 0 Å². The number of nitrogens with zero attached hydrogens (tertiary/aromatic N) is 6. The van der Waals surface area contributed by atoms with Crippen LogP contribution in [0, 0.1) is 0 Å². The lowest BCUT2D eigenvalue weighted by Crippen LogP contribution is -2.19. The van der Waals surface area contributed by atoms with E-state index in [9.17, 15) is 0 Å². The number of pyridine rings is 2. The molecule has 13 heteroatoms. The number of ether oxygens (including phenoxy) is 2. The molecule has 0 aliphatic rings. The lowest BCUT2D eigenvalue weighted by molar-refractivity contribution is 0.394. The number of hydrogen-bond donors (Lipinski definition) is 4. The first-order valence-electron chi connectivity index (χ1n) is 11.7. The van der Waals surface area contributed by atoms with Gasteiger partial charge in [-0.2, -0.15) is 5.10 Å². The lowest BCUT2D eigenvalue weighted by atomic mass is 10.1. The number of aromatic amines is 1. The molecule has 0 spiro atoms. The molecule has 0 fully saturated rings. The van der Waals surface area contributed by atoms with E-state index >= 15 is 0 Å². The zero-order valence-corrected chi connectivity index (χ0v) is 23.2. The van der Waals surface area contributed by atoms with Crippen molar-refractivity contribution in [2.75, 3.05) is 33.2 Å². The van der Waals surface area contributed by atoms with Crippen molar-refractivity contribution in [3.8, 4) is 22.6 Å². The van der Waals surface area contributed by atoms with Crippen LogP contribution in [-0.4, -0.2) is 67.1 Å². The van der Waals surface area contributed by atoms with Crippen LogP contribution in [0.4, 0.5) is 11.5 Å². The number of imidazole rings is 1. The Hall–Kier alpha value is -4.17. The van der Waals surface area contributed by atoms with Crippen LogP contribution in [0.5, 0.6) is 11.5 Å². The summed E-state index contributed by atoms with van der Waals surface area (Å²) in [5.74, 6) is 2.94. The van der Waals surface area contributed by atoms with Gasteiger partial charge in [-0.25, -0.2) is 9.97 Å². The Kier molecular flexibility index (Phi) is 11.1. The molecular formula is C26H32N8O4S. The van der Waals surface area contributed by atoms with E-state index < -0.39 is 0 Å². The summed E-state index contributed by atoms with van der Waals surface area (Å²) in [6.07, 6.45) is 9.15. The second-order valence-electron chi connectivity index (χ2n) is 8.11.